The molecule has 0 aliphatic heterocycles. The molecule has 5 heteroatoms. The lowest BCUT2D eigenvalue weighted by atomic mass is 10.0. The van der Waals surface area contributed by atoms with Crippen molar-refractivity contribution in [3.63, 3.8) is 0 Å². The van der Waals surface area contributed by atoms with Gasteiger partial charge in [-0.15, -0.1) is 0 Å². The van der Waals surface area contributed by atoms with E-state index in [1.54, 1.807) is 26.4 Å². The van der Waals surface area contributed by atoms with Gasteiger partial charge >= 0.3 is 0 Å². The molecule has 0 spiro atoms. The van der Waals surface area contributed by atoms with Gasteiger partial charge in [-0.2, -0.15) is 0 Å². The summed E-state index contributed by atoms with van der Waals surface area (Å²) in [7, 11) is 1.67. The fraction of sp³-hybridized carbons (Fsp3) is 0.217. The number of hydrogen-bond donors (Lipinski definition) is 2. The van der Waals surface area contributed by atoms with Crippen LogP contribution in [-0.4, -0.2) is 24.4 Å². The zero-order chi connectivity index (χ0) is 19.9. The molecular weight excluding hydrogens is 350 g/mol. The number of hydrogen-bond acceptors (Lipinski definition) is 5. The lowest BCUT2D eigenvalue weighted by molar-refractivity contribution is 0.310. The van der Waals surface area contributed by atoms with Crippen molar-refractivity contribution in [2.45, 2.75) is 19.8 Å². The molecule has 3 aromatic rings. The summed E-state index contributed by atoms with van der Waals surface area (Å²) in [5.41, 5.74) is 10.9. The zero-order valence-electron chi connectivity index (χ0n) is 16.2. The largest absolute Gasteiger partial charge is 0.497 e. The van der Waals surface area contributed by atoms with E-state index < -0.39 is 0 Å². The van der Waals surface area contributed by atoms with Gasteiger partial charge in [-0.05, 0) is 61.2 Å². The van der Waals surface area contributed by atoms with Crippen LogP contribution in [0.3, 0.4) is 0 Å². The Labute approximate surface area is 165 Å². The number of methoxy groups -OCH3 is 1. The van der Waals surface area contributed by atoms with Crippen molar-refractivity contribution in [1.29, 1.82) is 5.41 Å². The van der Waals surface area contributed by atoms with Crippen LogP contribution >= 0.6 is 0 Å². The quantitative estimate of drug-likeness (QED) is 0.338. The van der Waals surface area contributed by atoms with E-state index in [9.17, 15) is 0 Å². The predicted octanol–water partition coefficient (Wildman–Crippen LogP) is 4.74. The molecule has 1 heterocycles. The summed E-state index contributed by atoms with van der Waals surface area (Å²) in [5.74, 6) is 1.60. The maximum atomic E-state index is 7.86. The number of ether oxygens (including phenoxy) is 2. The second-order valence-corrected chi connectivity index (χ2v) is 6.64. The molecule has 0 aliphatic carbocycles. The van der Waals surface area contributed by atoms with E-state index >= 15 is 0 Å². The summed E-state index contributed by atoms with van der Waals surface area (Å²) in [6.45, 7) is 2.35. The third kappa shape index (κ3) is 4.88. The van der Waals surface area contributed by atoms with Crippen LogP contribution in [0.4, 0.5) is 5.69 Å². The van der Waals surface area contributed by atoms with E-state index in [0.717, 1.165) is 41.0 Å². The summed E-state index contributed by atoms with van der Waals surface area (Å²) < 4.78 is 11.1. The first-order valence-corrected chi connectivity index (χ1v) is 9.23. The van der Waals surface area contributed by atoms with Gasteiger partial charge in [0.15, 0.2) is 0 Å². The van der Waals surface area contributed by atoms with Gasteiger partial charge in [-0.1, -0.05) is 18.2 Å². The molecule has 0 saturated heterocycles. The Morgan fingerprint density at radius 1 is 1.00 bits per heavy atom. The van der Waals surface area contributed by atoms with Crippen LogP contribution in [0, 0.1) is 5.41 Å². The fourth-order valence-corrected chi connectivity index (χ4v) is 2.97. The molecular formula is C23H25N3O2. The topological polar surface area (TPSA) is 81.2 Å². The van der Waals surface area contributed by atoms with Crippen molar-refractivity contribution < 1.29 is 9.47 Å². The van der Waals surface area contributed by atoms with Crippen molar-refractivity contribution in [1.82, 2.24) is 4.98 Å². The molecule has 0 fully saturated rings. The summed E-state index contributed by atoms with van der Waals surface area (Å²) in [6.07, 6.45) is 5.36. The minimum atomic E-state index is 0.443. The summed E-state index contributed by atoms with van der Waals surface area (Å²) in [4.78, 5) is 4.29. The normalized spacial score (nSPS) is 10.5. The molecule has 28 heavy (non-hydrogen) atoms. The highest BCUT2D eigenvalue weighted by Gasteiger charge is 2.07. The van der Waals surface area contributed by atoms with Crippen molar-refractivity contribution >= 4 is 11.4 Å². The molecule has 0 saturated carbocycles. The number of benzene rings is 2. The fourth-order valence-electron chi connectivity index (χ4n) is 2.97. The number of nitrogen functional groups attached to an aromatic ring is 1. The summed E-state index contributed by atoms with van der Waals surface area (Å²) >= 11 is 0. The van der Waals surface area contributed by atoms with Crippen molar-refractivity contribution in [3.8, 4) is 22.6 Å². The standard InChI is InChI=1S/C23H25N3O2/c1-16(24)22-13-18(7-10-23(22)25)19-12-21(15-26-14-19)28-11-3-4-17-5-8-20(27-2)9-6-17/h5-10,12-15,24H,3-4,11,25H2,1-2H3. The Morgan fingerprint density at radius 2 is 1.79 bits per heavy atom. The number of anilines is 1. The highest BCUT2D eigenvalue weighted by atomic mass is 16.5. The number of nitrogens with one attached hydrogen (secondary N) is 1. The van der Waals surface area contributed by atoms with E-state index in [0.29, 0.717) is 18.0 Å². The van der Waals surface area contributed by atoms with E-state index in [4.69, 9.17) is 20.6 Å². The SMILES string of the molecule is COc1ccc(CCCOc2cncc(-c3ccc(N)c(C(C)=N)c3)c2)cc1. The Morgan fingerprint density at radius 3 is 2.50 bits per heavy atom. The second-order valence-electron chi connectivity index (χ2n) is 6.64. The molecule has 0 atom stereocenters. The Kier molecular flexibility index (Phi) is 6.27. The first-order chi connectivity index (χ1) is 13.6. The Balaban J connectivity index is 1.60. The smallest absolute Gasteiger partial charge is 0.138 e. The van der Waals surface area contributed by atoms with Crippen LogP contribution in [0.5, 0.6) is 11.5 Å². The van der Waals surface area contributed by atoms with Gasteiger partial charge in [0.1, 0.15) is 11.5 Å². The van der Waals surface area contributed by atoms with Crippen LogP contribution in [0.25, 0.3) is 11.1 Å². The maximum absolute atomic E-state index is 7.86. The molecule has 0 radical (unpaired) electrons. The minimum absolute atomic E-state index is 0.443. The first-order valence-electron chi connectivity index (χ1n) is 9.23. The summed E-state index contributed by atoms with van der Waals surface area (Å²) in [6, 6.07) is 15.7. The van der Waals surface area contributed by atoms with Crippen LogP contribution in [0.1, 0.15) is 24.5 Å². The number of aryl methyl sites for hydroxylation is 1. The van der Waals surface area contributed by atoms with E-state index in [-0.39, 0.29) is 0 Å². The molecule has 3 N–H and O–H groups in total. The molecule has 0 amide bonds. The molecule has 0 unspecified atom stereocenters. The number of aromatic nitrogens is 1. The predicted molar refractivity (Wildman–Crippen MR) is 113 cm³/mol. The monoisotopic (exact) mass is 375 g/mol. The van der Waals surface area contributed by atoms with Crippen molar-refractivity contribution in [3.05, 3.63) is 72.1 Å². The highest BCUT2D eigenvalue weighted by Crippen LogP contribution is 2.26. The zero-order valence-corrected chi connectivity index (χ0v) is 16.2. The van der Waals surface area contributed by atoms with Gasteiger partial charge in [0.25, 0.3) is 0 Å². The van der Waals surface area contributed by atoms with Crippen LogP contribution in [-0.2, 0) is 6.42 Å². The second kappa shape index (κ2) is 9.04. The average Bonchev–Trinajstić information content (AvgIpc) is 2.72. The molecule has 2 aromatic carbocycles. The average molecular weight is 375 g/mol. The van der Waals surface area contributed by atoms with Gasteiger partial charge in [0.05, 0.1) is 19.9 Å². The Bertz CT molecular complexity index is 952. The molecule has 144 valence electrons. The first kappa shape index (κ1) is 19.4. The van der Waals surface area contributed by atoms with Crippen LogP contribution in [0.2, 0.25) is 0 Å². The van der Waals surface area contributed by atoms with Crippen LogP contribution in [0.15, 0.2) is 60.9 Å². The molecule has 3 rings (SSSR count). The highest BCUT2D eigenvalue weighted by molar-refractivity contribution is 6.02. The summed E-state index contributed by atoms with van der Waals surface area (Å²) in [5, 5.41) is 7.86. The Hall–Kier alpha value is -3.34. The maximum Gasteiger partial charge on any atom is 0.138 e. The van der Waals surface area contributed by atoms with E-state index in [2.05, 4.69) is 17.1 Å². The van der Waals surface area contributed by atoms with Crippen molar-refractivity contribution in [2.75, 3.05) is 19.5 Å². The molecule has 5 nitrogen and oxygen atoms in total. The lowest BCUT2D eigenvalue weighted by Crippen LogP contribution is -2.01. The number of nitrogens with zero attached hydrogens (tertiary/aromatic N) is 1. The van der Waals surface area contributed by atoms with Crippen molar-refractivity contribution in [2.24, 2.45) is 0 Å². The molecule has 1 aromatic heterocycles. The van der Waals surface area contributed by atoms with E-state index in [1.807, 2.05) is 36.4 Å². The lowest BCUT2D eigenvalue weighted by Gasteiger charge is -2.10. The number of nitrogens with two attached hydrogens (primary N) is 1. The van der Waals surface area contributed by atoms with Crippen LogP contribution < -0.4 is 15.2 Å². The molecule has 0 bridgehead atoms. The molecule has 0 aliphatic rings. The third-order valence-corrected chi connectivity index (χ3v) is 4.54. The van der Waals surface area contributed by atoms with Gasteiger partial charge in [-0.25, -0.2) is 0 Å². The number of rotatable bonds is 8. The number of pyridine rings is 1. The van der Waals surface area contributed by atoms with E-state index in [1.165, 1.54) is 5.56 Å². The van der Waals surface area contributed by atoms with Gasteiger partial charge < -0.3 is 20.6 Å². The van der Waals surface area contributed by atoms with Gasteiger partial charge in [0.2, 0.25) is 0 Å². The third-order valence-electron chi connectivity index (χ3n) is 4.54. The van der Waals surface area contributed by atoms with Gasteiger partial charge in [-0.3, -0.25) is 4.98 Å². The van der Waals surface area contributed by atoms with Gasteiger partial charge in [0, 0.05) is 28.7 Å². The minimum Gasteiger partial charge on any atom is -0.497 e.